The first-order valence-corrected chi connectivity index (χ1v) is 19.3. The predicted molar refractivity (Wildman–Crippen MR) is 217 cm³/mol. The minimum absolute atomic E-state index is 0.000672. The third kappa shape index (κ3) is 11.9. The van der Waals surface area contributed by atoms with Crippen LogP contribution in [0.3, 0.4) is 0 Å². The van der Waals surface area contributed by atoms with Gasteiger partial charge in [0.1, 0.15) is 23.0 Å². The number of carbonyl (C=O) groups excluding carboxylic acids is 2. The summed E-state index contributed by atoms with van der Waals surface area (Å²) >= 11 is 0. The summed E-state index contributed by atoms with van der Waals surface area (Å²) in [6.45, 7) is 20.3. The lowest BCUT2D eigenvalue weighted by Crippen LogP contribution is -2.59. The summed E-state index contributed by atoms with van der Waals surface area (Å²) in [6, 6.07) is 3.04. The third-order valence-corrected chi connectivity index (χ3v) is 10.9. The van der Waals surface area contributed by atoms with Crippen LogP contribution in [0.1, 0.15) is 150 Å². The maximum absolute atomic E-state index is 11.4. The molecule has 2 atom stereocenters. The lowest BCUT2D eigenvalue weighted by molar-refractivity contribution is -0.292. The highest BCUT2D eigenvalue weighted by Gasteiger charge is 2.47. The number of rotatable bonds is 18. The molecular weight excluding hydrogens is 680 g/mol. The van der Waals surface area contributed by atoms with E-state index in [-0.39, 0.29) is 46.3 Å². The van der Waals surface area contributed by atoms with E-state index >= 15 is 0 Å². The van der Waals surface area contributed by atoms with Crippen LogP contribution in [0.5, 0.6) is 23.0 Å². The molecular formula is C46H64O8. The lowest BCUT2D eigenvalue weighted by Gasteiger charge is -2.51. The molecule has 0 amide bonds. The maximum atomic E-state index is 11.4. The Bertz CT molecular complexity index is 1640. The monoisotopic (exact) mass is 744 g/mol. The second-order valence-corrected chi connectivity index (χ2v) is 16.3. The molecule has 1 saturated heterocycles. The zero-order valence-corrected chi connectivity index (χ0v) is 34.3. The molecule has 3 rings (SSSR count). The van der Waals surface area contributed by atoms with E-state index in [1.165, 1.54) is 23.3 Å². The molecule has 4 N–H and O–H groups in total. The van der Waals surface area contributed by atoms with Crippen molar-refractivity contribution in [1.29, 1.82) is 0 Å². The standard InChI is InChI=1S/C46H64O8/c1-29(17-21-35-39(49)25-33(5)37(27-47)43(35)51)13-11-15-31(3)19-23-41-45(7,8)54-42(46(9,10)53-41)24-20-32(4)16-12-14-30(2)18-22-36-40(50)26-34(6)38(28-48)44(36)52/h15-18,25-28,41-42,49-52H,11-14,19-24H2,1-10H3/b29-17+,30-18+,31-15+,32-16+. The van der Waals surface area contributed by atoms with Crippen molar-refractivity contribution in [3.05, 3.63) is 92.1 Å². The molecule has 8 heteroatoms. The van der Waals surface area contributed by atoms with E-state index in [9.17, 15) is 30.0 Å². The van der Waals surface area contributed by atoms with Crippen LogP contribution in [0.2, 0.25) is 0 Å². The maximum Gasteiger partial charge on any atom is 0.154 e. The fraction of sp³-hybridized carbons (Fsp3) is 0.522. The SMILES string of the molecule is C/C(=C\Cc1c(O)cc(C)c(C=O)c1O)CC/C=C(\C)CCC1OC(C)(C)C(CC/C(C)=C/CC/C(C)=C/Cc2c(O)cc(C)c(C=O)c2O)OC1(C)C. The highest BCUT2D eigenvalue weighted by molar-refractivity contribution is 5.84. The molecule has 1 fully saturated rings. The largest absolute Gasteiger partial charge is 0.508 e. The van der Waals surface area contributed by atoms with Crippen LogP contribution in [0.25, 0.3) is 0 Å². The van der Waals surface area contributed by atoms with Gasteiger partial charge in [-0.1, -0.05) is 46.6 Å². The summed E-state index contributed by atoms with van der Waals surface area (Å²) in [7, 11) is 0. The summed E-state index contributed by atoms with van der Waals surface area (Å²) in [4.78, 5) is 22.7. The van der Waals surface area contributed by atoms with Gasteiger partial charge in [-0.25, -0.2) is 0 Å². The second kappa shape index (κ2) is 19.4. The fourth-order valence-electron chi connectivity index (χ4n) is 7.13. The number of carbonyl (C=O) groups is 2. The fourth-order valence-corrected chi connectivity index (χ4v) is 7.13. The summed E-state index contributed by atoms with van der Waals surface area (Å²) < 4.78 is 13.5. The minimum Gasteiger partial charge on any atom is -0.508 e. The first-order valence-electron chi connectivity index (χ1n) is 19.3. The summed E-state index contributed by atoms with van der Waals surface area (Å²) in [5, 5.41) is 41.5. The molecule has 0 bridgehead atoms. The Balaban J connectivity index is 1.46. The van der Waals surface area contributed by atoms with Crippen molar-refractivity contribution >= 4 is 12.6 Å². The lowest BCUT2D eigenvalue weighted by atomic mass is 9.87. The van der Waals surface area contributed by atoms with Gasteiger partial charge in [-0.2, -0.15) is 0 Å². The van der Waals surface area contributed by atoms with E-state index in [0.717, 1.165) is 62.5 Å². The first kappa shape index (κ1) is 44.3. The number of allylic oxidation sites excluding steroid dienone is 8. The van der Waals surface area contributed by atoms with E-state index < -0.39 is 11.2 Å². The number of hydrogen-bond acceptors (Lipinski definition) is 8. The molecule has 54 heavy (non-hydrogen) atoms. The molecule has 2 aromatic rings. The van der Waals surface area contributed by atoms with Gasteiger partial charge in [-0.15, -0.1) is 0 Å². The smallest absolute Gasteiger partial charge is 0.154 e. The van der Waals surface area contributed by atoms with Crippen molar-refractivity contribution in [3.8, 4) is 23.0 Å². The Morgan fingerprint density at radius 1 is 0.593 bits per heavy atom. The number of ether oxygens (including phenoxy) is 2. The van der Waals surface area contributed by atoms with Crippen molar-refractivity contribution in [2.24, 2.45) is 0 Å². The second-order valence-electron chi connectivity index (χ2n) is 16.3. The zero-order valence-electron chi connectivity index (χ0n) is 34.3. The number of aryl methyl sites for hydroxylation is 2. The van der Waals surface area contributed by atoms with Gasteiger partial charge < -0.3 is 29.9 Å². The van der Waals surface area contributed by atoms with Gasteiger partial charge in [0.2, 0.25) is 0 Å². The van der Waals surface area contributed by atoms with Gasteiger partial charge in [0.25, 0.3) is 0 Å². The molecule has 2 unspecified atom stereocenters. The molecule has 0 radical (unpaired) electrons. The normalized spacial score (nSPS) is 19.2. The number of phenolic OH excluding ortho intramolecular Hbond substituents is 4. The number of aromatic hydroxyl groups is 4. The van der Waals surface area contributed by atoms with E-state index in [4.69, 9.17) is 9.47 Å². The zero-order chi connectivity index (χ0) is 40.4. The molecule has 8 nitrogen and oxygen atoms in total. The van der Waals surface area contributed by atoms with Gasteiger partial charge in [-0.3, -0.25) is 9.59 Å². The number of aldehydes is 2. The molecule has 0 aromatic heterocycles. The Labute approximate surface area is 323 Å². The topological polar surface area (TPSA) is 134 Å². The number of hydrogen-bond donors (Lipinski definition) is 4. The number of benzene rings is 2. The van der Waals surface area contributed by atoms with E-state index in [2.05, 4.69) is 53.7 Å². The first-order chi connectivity index (χ1) is 25.3. The number of phenols is 4. The van der Waals surface area contributed by atoms with Gasteiger partial charge >= 0.3 is 0 Å². The van der Waals surface area contributed by atoms with E-state index in [1.54, 1.807) is 13.8 Å². The highest BCUT2D eigenvalue weighted by atomic mass is 16.6. The molecule has 0 spiro atoms. The van der Waals surface area contributed by atoms with Crippen molar-refractivity contribution in [1.82, 2.24) is 0 Å². The van der Waals surface area contributed by atoms with Crippen molar-refractivity contribution < 1.29 is 39.5 Å². The van der Waals surface area contributed by atoms with Gasteiger partial charge in [0, 0.05) is 11.1 Å². The van der Waals surface area contributed by atoms with Crippen LogP contribution in [-0.4, -0.2) is 56.4 Å². The Hall–Kier alpha value is -4.14. The van der Waals surface area contributed by atoms with Crippen LogP contribution in [0, 0.1) is 13.8 Å². The van der Waals surface area contributed by atoms with Gasteiger partial charge in [0.15, 0.2) is 12.6 Å². The molecule has 1 heterocycles. The predicted octanol–water partition coefficient (Wildman–Crippen LogP) is 10.8. The van der Waals surface area contributed by atoms with Crippen molar-refractivity contribution in [2.75, 3.05) is 0 Å². The minimum atomic E-state index is -0.428. The van der Waals surface area contributed by atoms with Crippen molar-refractivity contribution in [3.63, 3.8) is 0 Å². The van der Waals surface area contributed by atoms with Crippen molar-refractivity contribution in [2.45, 2.75) is 157 Å². The average molecular weight is 745 g/mol. The Morgan fingerprint density at radius 3 is 1.26 bits per heavy atom. The highest BCUT2D eigenvalue weighted by Crippen LogP contribution is 2.40. The van der Waals surface area contributed by atoms with Gasteiger partial charge in [0.05, 0.1) is 34.5 Å². The quantitative estimate of drug-likeness (QED) is 0.0875. The Kier molecular flexibility index (Phi) is 15.9. The molecule has 2 aromatic carbocycles. The van der Waals surface area contributed by atoms with E-state index in [1.807, 2.05) is 26.0 Å². The molecule has 0 aliphatic carbocycles. The van der Waals surface area contributed by atoms with Crippen LogP contribution in [0.15, 0.2) is 58.7 Å². The summed E-state index contributed by atoms with van der Waals surface area (Å²) in [5.74, 6) is -0.295. The van der Waals surface area contributed by atoms with E-state index in [0.29, 0.717) is 47.7 Å². The molecule has 296 valence electrons. The Morgan fingerprint density at radius 2 is 0.926 bits per heavy atom. The van der Waals surface area contributed by atoms with Crippen LogP contribution >= 0.6 is 0 Å². The van der Waals surface area contributed by atoms with Gasteiger partial charge in [-0.05, 0) is 157 Å². The summed E-state index contributed by atoms with van der Waals surface area (Å²) in [5.41, 5.74) is 6.32. The van der Waals surface area contributed by atoms with Crippen LogP contribution < -0.4 is 0 Å². The summed E-state index contributed by atoms with van der Waals surface area (Å²) in [6.07, 6.45) is 17.4. The molecule has 0 saturated carbocycles. The third-order valence-electron chi connectivity index (χ3n) is 10.9. The van der Waals surface area contributed by atoms with Crippen LogP contribution in [0.4, 0.5) is 0 Å². The van der Waals surface area contributed by atoms with Crippen LogP contribution in [-0.2, 0) is 22.3 Å². The molecule has 1 aliphatic rings. The average Bonchev–Trinajstić information content (AvgIpc) is 3.07. The molecule has 1 aliphatic heterocycles.